The fourth-order valence-electron chi connectivity index (χ4n) is 4.75. The molecule has 0 heterocycles. The molecular formula is C41H56O3. The van der Waals surface area contributed by atoms with Gasteiger partial charge in [-0.2, -0.15) is 0 Å². The lowest BCUT2D eigenvalue weighted by Crippen LogP contribution is -2.28. The summed E-state index contributed by atoms with van der Waals surface area (Å²) in [6.45, 7) is 18.9. The van der Waals surface area contributed by atoms with Gasteiger partial charge in [-0.3, -0.25) is 4.79 Å². The Balaban J connectivity index is 2.67. The van der Waals surface area contributed by atoms with E-state index in [9.17, 15) is 9.90 Å². The third-order valence-electron chi connectivity index (χ3n) is 7.51. The Hall–Kier alpha value is -3.53. The van der Waals surface area contributed by atoms with Gasteiger partial charge in [-0.05, 0) is 78.7 Å². The van der Waals surface area contributed by atoms with Crippen LogP contribution in [-0.4, -0.2) is 30.2 Å². The molecule has 238 valence electrons. The molecule has 1 unspecified atom stereocenters. The van der Waals surface area contributed by atoms with Crippen LogP contribution in [0, 0.1) is 5.41 Å². The summed E-state index contributed by atoms with van der Waals surface area (Å²) >= 11 is 0. The quantitative estimate of drug-likeness (QED) is 0.116. The summed E-state index contributed by atoms with van der Waals surface area (Å²) in [4.78, 5) is 11.4. The van der Waals surface area contributed by atoms with Crippen LogP contribution in [0.2, 0.25) is 0 Å². The molecular weight excluding hydrogens is 540 g/mol. The van der Waals surface area contributed by atoms with Crippen molar-refractivity contribution >= 4 is 6.29 Å². The topological polar surface area (TPSA) is 46.5 Å². The smallest absolute Gasteiger partial charge is 0.150 e. The number of aliphatic hydroxyl groups is 1. The highest BCUT2D eigenvalue weighted by Crippen LogP contribution is 2.41. The van der Waals surface area contributed by atoms with Crippen LogP contribution in [0.4, 0.5) is 0 Å². The molecule has 0 saturated carbocycles. The summed E-state index contributed by atoms with van der Waals surface area (Å²) in [6, 6.07) is 0. The van der Waals surface area contributed by atoms with Gasteiger partial charge >= 0.3 is 0 Å². The van der Waals surface area contributed by atoms with Gasteiger partial charge in [0.1, 0.15) is 6.29 Å². The Labute approximate surface area is 268 Å². The fourth-order valence-corrected chi connectivity index (χ4v) is 4.75. The largest absolute Gasteiger partial charge is 0.393 e. The lowest BCUT2D eigenvalue weighted by Gasteiger charge is -2.35. The average Bonchev–Trinajstić information content (AvgIpc) is 2.93. The van der Waals surface area contributed by atoms with Crippen molar-refractivity contribution in [2.45, 2.75) is 93.3 Å². The highest BCUT2D eigenvalue weighted by molar-refractivity contribution is 5.78. The van der Waals surface area contributed by atoms with Crippen molar-refractivity contribution in [2.75, 3.05) is 7.11 Å². The zero-order valence-corrected chi connectivity index (χ0v) is 28.9. The minimum absolute atomic E-state index is 0.00736. The molecule has 0 fully saturated rings. The van der Waals surface area contributed by atoms with Crippen LogP contribution in [0.3, 0.4) is 0 Å². The van der Waals surface area contributed by atoms with Crippen LogP contribution in [0.25, 0.3) is 0 Å². The molecule has 0 aliphatic heterocycles. The first kappa shape index (κ1) is 38.5. The minimum Gasteiger partial charge on any atom is -0.393 e. The monoisotopic (exact) mass is 596 g/mol. The highest BCUT2D eigenvalue weighted by atomic mass is 16.5. The second-order valence-electron chi connectivity index (χ2n) is 12.9. The Morgan fingerprint density at radius 2 is 1.32 bits per heavy atom. The number of allylic oxidation sites excluding steroid dienone is 22. The zero-order chi connectivity index (χ0) is 33.2. The summed E-state index contributed by atoms with van der Waals surface area (Å²) in [7, 11) is 1.72. The van der Waals surface area contributed by atoms with E-state index in [2.05, 4.69) is 97.1 Å². The van der Waals surface area contributed by atoms with Gasteiger partial charge in [0.2, 0.25) is 0 Å². The maximum atomic E-state index is 11.4. The molecule has 3 nitrogen and oxygen atoms in total. The van der Waals surface area contributed by atoms with Gasteiger partial charge in [0.15, 0.2) is 0 Å². The van der Waals surface area contributed by atoms with Crippen LogP contribution in [0.15, 0.2) is 142 Å². The third kappa shape index (κ3) is 16.4. The fraction of sp³-hybridized carbons (Fsp3) is 0.390. The molecule has 0 bridgehead atoms. The van der Waals surface area contributed by atoms with Crippen molar-refractivity contribution < 1.29 is 14.6 Å². The SMILES string of the molecule is COC(C)(C)CC=CC(C)=CC=CC(C=O)=CC=CC(C)=CC=CC=C(C)C=CC=C(C)C=CC1=C(C)CC(O)CC1(C)C. The molecule has 1 rings (SSSR count). The summed E-state index contributed by atoms with van der Waals surface area (Å²) in [5.74, 6) is 0. The third-order valence-corrected chi connectivity index (χ3v) is 7.51. The van der Waals surface area contributed by atoms with E-state index in [0.717, 1.165) is 42.3 Å². The predicted octanol–water partition coefficient (Wildman–Crippen LogP) is 10.5. The lowest BCUT2D eigenvalue weighted by molar-refractivity contribution is -0.104. The van der Waals surface area contributed by atoms with E-state index in [-0.39, 0.29) is 17.1 Å². The van der Waals surface area contributed by atoms with Gasteiger partial charge in [0, 0.05) is 12.7 Å². The number of hydrogen-bond acceptors (Lipinski definition) is 3. The number of hydrogen-bond donors (Lipinski definition) is 1. The first-order chi connectivity index (χ1) is 20.7. The Morgan fingerprint density at radius 3 is 1.86 bits per heavy atom. The van der Waals surface area contributed by atoms with Crippen LogP contribution >= 0.6 is 0 Å². The number of carbonyl (C=O) groups is 1. The molecule has 0 radical (unpaired) electrons. The lowest BCUT2D eigenvalue weighted by atomic mass is 9.71. The van der Waals surface area contributed by atoms with E-state index in [4.69, 9.17) is 4.74 Å². The van der Waals surface area contributed by atoms with E-state index < -0.39 is 0 Å². The normalized spacial score (nSPS) is 20.2. The molecule has 1 aliphatic carbocycles. The van der Waals surface area contributed by atoms with Crippen molar-refractivity contribution in [2.24, 2.45) is 5.41 Å². The van der Waals surface area contributed by atoms with Crippen LogP contribution in [-0.2, 0) is 9.53 Å². The van der Waals surface area contributed by atoms with Gasteiger partial charge in [-0.25, -0.2) is 0 Å². The van der Waals surface area contributed by atoms with Crippen molar-refractivity contribution in [1.29, 1.82) is 0 Å². The maximum Gasteiger partial charge on any atom is 0.150 e. The van der Waals surface area contributed by atoms with Crippen LogP contribution < -0.4 is 0 Å². The summed E-state index contributed by atoms with van der Waals surface area (Å²) in [5, 5.41) is 10.1. The molecule has 0 aromatic carbocycles. The van der Waals surface area contributed by atoms with Gasteiger partial charge in [0.25, 0.3) is 0 Å². The molecule has 0 saturated heterocycles. The first-order valence-corrected chi connectivity index (χ1v) is 15.5. The minimum atomic E-state index is -0.237. The number of carbonyl (C=O) groups excluding carboxylic acids is 1. The number of aliphatic hydroxyl groups excluding tert-OH is 1. The zero-order valence-electron chi connectivity index (χ0n) is 28.9. The molecule has 1 atom stereocenters. The van der Waals surface area contributed by atoms with Crippen molar-refractivity contribution in [3.8, 4) is 0 Å². The molecule has 1 N–H and O–H groups in total. The summed E-state index contributed by atoms with van der Waals surface area (Å²) < 4.78 is 5.43. The molecule has 3 heteroatoms. The number of ether oxygens (including phenoxy) is 1. The number of rotatable bonds is 15. The maximum absolute atomic E-state index is 11.4. The Morgan fingerprint density at radius 1 is 0.818 bits per heavy atom. The first-order valence-electron chi connectivity index (χ1n) is 15.5. The molecule has 0 amide bonds. The summed E-state index contributed by atoms with van der Waals surface area (Å²) in [5.41, 5.74) is 7.56. The van der Waals surface area contributed by atoms with Crippen molar-refractivity contribution in [1.82, 2.24) is 0 Å². The summed E-state index contributed by atoms with van der Waals surface area (Å²) in [6.07, 6.45) is 37.3. The highest BCUT2D eigenvalue weighted by Gasteiger charge is 2.31. The molecule has 44 heavy (non-hydrogen) atoms. The van der Waals surface area contributed by atoms with Crippen molar-refractivity contribution in [3.05, 3.63) is 142 Å². The van der Waals surface area contributed by atoms with E-state index in [0.29, 0.717) is 5.57 Å². The molecule has 0 spiro atoms. The van der Waals surface area contributed by atoms with E-state index in [1.54, 1.807) is 7.11 Å². The molecule has 1 aliphatic rings. The Kier molecular flexibility index (Phi) is 17.2. The van der Waals surface area contributed by atoms with Gasteiger partial charge < -0.3 is 9.84 Å². The number of aldehydes is 1. The average molecular weight is 597 g/mol. The van der Waals surface area contributed by atoms with Crippen LogP contribution in [0.5, 0.6) is 0 Å². The van der Waals surface area contributed by atoms with Gasteiger partial charge in [-0.1, -0.05) is 145 Å². The van der Waals surface area contributed by atoms with E-state index >= 15 is 0 Å². The predicted molar refractivity (Wildman–Crippen MR) is 191 cm³/mol. The second-order valence-corrected chi connectivity index (χ2v) is 12.9. The number of methoxy groups -OCH3 is 1. The van der Waals surface area contributed by atoms with E-state index in [1.807, 2.05) is 68.5 Å². The van der Waals surface area contributed by atoms with Crippen molar-refractivity contribution in [3.63, 3.8) is 0 Å². The standard InChI is InChI=1S/C41H56O3/c1-32(19-13-20-35(4)26-27-39-36(5)29-38(43)30-40(39,6)7)17-11-12-18-33(2)21-14-24-37(31-42)25-15-22-34(3)23-16-28-41(8,9)44-10/h11-27,31,38,43H,28-30H2,1-10H3. The van der Waals surface area contributed by atoms with Gasteiger partial charge in [-0.15, -0.1) is 0 Å². The second kappa shape index (κ2) is 19.7. The Bertz CT molecular complexity index is 1320. The van der Waals surface area contributed by atoms with Gasteiger partial charge in [0.05, 0.1) is 11.7 Å². The molecule has 0 aromatic rings. The van der Waals surface area contributed by atoms with E-state index in [1.165, 1.54) is 16.7 Å². The molecule has 0 aromatic heterocycles. The van der Waals surface area contributed by atoms with Crippen LogP contribution in [0.1, 0.15) is 81.6 Å².